The molecule has 2 saturated carbocycles. The third-order valence-corrected chi connectivity index (χ3v) is 9.41. The Bertz CT molecular complexity index is 929. The molecule has 1 aromatic carbocycles. The lowest BCUT2D eigenvalue weighted by Gasteiger charge is -2.49. The van der Waals surface area contributed by atoms with Crippen molar-refractivity contribution in [1.29, 1.82) is 0 Å². The van der Waals surface area contributed by atoms with Gasteiger partial charge in [-0.15, -0.1) is 0 Å². The van der Waals surface area contributed by atoms with Crippen LogP contribution in [-0.2, 0) is 14.3 Å². The fourth-order valence-electron chi connectivity index (χ4n) is 7.52. The summed E-state index contributed by atoms with van der Waals surface area (Å²) in [5, 5.41) is 0.770. The van der Waals surface area contributed by atoms with Gasteiger partial charge in [0, 0.05) is 36.0 Å². The molecule has 0 aromatic heterocycles. The average molecular weight is 442 g/mol. The molecule has 0 N–H and O–H groups in total. The van der Waals surface area contributed by atoms with E-state index in [1.807, 2.05) is 12.1 Å². The highest BCUT2D eigenvalue weighted by Gasteiger charge is 2.78. The first-order valence-corrected chi connectivity index (χ1v) is 12.3. The summed E-state index contributed by atoms with van der Waals surface area (Å²) in [6.07, 6.45) is 8.22. The van der Waals surface area contributed by atoms with Crippen LogP contribution < -0.4 is 0 Å². The number of ether oxygens (including phenoxy) is 2. The van der Waals surface area contributed by atoms with Crippen LogP contribution in [0.4, 0.5) is 0 Å². The Labute approximate surface area is 189 Å². The molecule has 3 heterocycles. The second-order valence-corrected chi connectivity index (χ2v) is 11.2. The average Bonchev–Trinajstić information content (AvgIpc) is 3.44. The van der Waals surface area contributed by atoms with E-state index in [0.717, 1.165) is 37.5 Å². The molecule has 6 rings (SSSR count). The molecule has 5 aliphatic rings. The molecule has 0 bridgehead atoms. The summed E-state index contributed by atoms with van der Waals surface area (Å²) >= 11 is 6.03. The molecule has 3 aliphatic heterocycles. The summed E-state index contributed by atoms with van der Waals surface area (Å²) in [5.74, 6) is 0.748. The maximum Gasteiger partial charge on any atom is 0.311 e. The molecular weight excluding hydrogens is 410 g/mol. The summed E-state index contributed by atoms with van der Waals surface area (Å²) in [6, 6.07) is 8.09. The number of nitrogens with zero attached hydrogens (tertiary/aromatic N) is 1. The Kier molecular flexibility index (Phi) is 4.62. The van der Waals surface area contributed by atoms with Crippen molar-refractivity contribution in [2.24, 2.45) is 23.2 Å². The first-order valence-electron chi connectivity index (χ1n) is 12.0. The van der Waals surface area contributed by atoms with Crippen molar-refractivity contribution < 1.29 is 14.3 Å². The number of rotatable bonds is 3. The summed E-state index contributed by atoms with van der Waals surface area (Å²) in [5.41, 5.74) is 2.76. The monoisotopic (exact) mass is 441 g/mol. The molecule has 1 aromatic rings. The third kappa shape index (κ3) is 2.98. The van der Waals surface area contributed by atoms with Gasteiger partial charge < -0.3 is 9.47 Å². The lowest BCUT2D eigenvalue weighted by molar-refractivity contribution is -0.146. The second kappa shape index (κ2) is 7.07. The highest BCUT2D eigenvalue weighted by molar-refractivity contribution is 6.30. The minimum absolute atomic E-state index is 0.00280. The Morgan fingerprint density at radius 3 is 2.81 bits per heavy atom. The number of hydrogen-bond acceptors (Lipinski definition) is 4. The Balaban J connectivity index is 1.17. The largest absolute Gasteiger partial charge is 0.462 e. The van der Waals surface area contributed by atoms with Gasteiger partial charge in [0.1, 0.15) is 11.7 Å². The molecule has 31 heavy (non-hydrogen) atoms. The minimum atomic E-state index is -0.0569. The van der Waals surface area contributed by atoms with Crippen LogP contribution in [0.15, 0.2) is 30.3 Å². The molecule has 0 unspecified atom stereocenters. The number of hydrogen-bond donors (Lipinski definition) is 0. The van der Waals surface area contributed by atoms with Gasteiger partial charge in [0.25, 0.3) is 0 Å². The highest BCUT2D eigenvalue weighted by Crippen LogP contribution is 2.70. The molecule has 0 radical (unpaired) electrons. The normalized spacial score (nSPS) is 44.0. The predicted molar refractivity (Wildman–Crippen MR) is 121 cm³/mol. The lowest BCUT2D eigenvalue weighted by atomic mass is 9.53. The highest BCUT2D eigenvalue weighted by atomic mass is 35.5. The molecule has 4 fully saturated rings. The fourth-order valence-corrected chi connectivity index (χ4v) is 7.65. The number of epoxide rings is 1. The van der Waals surface area contributed by atoms with Crippen LogP contribution in [0.3, 0.4) is 0 Å². The van der Waals surface area contributed by atoms with Gasteiger partial charge in [-0.2, -0.15) is 0 Å². The van der Waals surface area contributed by atoms with Gasteiger partial charge in [0.05, 0.1) is 12.0 Å². The van der Waals surface area contributed by atoms with E-state index in [1.165, 1.54) is 30.4 Å². The Morgan fingerprint density at radius 1 is 1.26 bits per heavy atom. The van der Waals surface area contributed by atoms with Gasteiger partial charge in [0.15, 0.2) is 0 Å². The topological polar surface area (TPSA) is 42.1 Å². The zero-order valence-corrected chi connectivity index (χ0v) is 19.2. The molecule has 4 nitrogen and oxygen atoms in total. The maximum absolute atomic E-state index is 13.0. The van der Waals surface area contributed by atoms with Crippen LogP contribution in [0.1, 0.15) is 51.5 Å². The van der Waals surface area contributed by atoms with Gasteiger partial charge >= 0.3 is 5.97 Å². The van der Waals surface area contributed by atoms with E-state index in [4.69, 9.17) is 21.1 Å². The van der Waals surface area contributed by atoms with Gasteiger partial charge in [-0.3, -0.25) is 9.69 Å². The maximum atomic E-state index is 13.0. The van der Waals surface area contributed by atoms with Crippen LogP contribution in [-0.4, -0.2) is 48.3 Å². The van der Waals surface area contributed by atoms with E-state index >= 15 is 0 Å². The van der Waals surface area contributed by atoms with Crippen LogP contribution in [0.2, 0.25) is 5.02 Å². The van der Waals surface area contributed by atoms with E-state index in [-0.39, 0.29) is 41.0 Å². The summed E-state index contributed by atoms with van der Waals surface area (Å²) in [4.78, 5) is 15.4. The first-order chi connectivity index (χ1) is 14.9. The van der Waals surface area contributed by atoms with Gasteiger partial charge in [0.2, 0.25) is 0 Å². The number of esters is 1. The number of carbonyl (C=O) groups is 1. The predicted octanol–water partition coefficient (Wildman–Crippen LogP) is 4.95. The van der Waals surface area contributed by atoms with Crippen molar-refractivity contribution in [2.75, 3.05) is 19.6 Å². The molecular formula is C26H32ClNO3. The molecule has 1 spiro atoms. The van der Waals surface area contributed by atoms with Crippen molar-refractivity contribution in [3.8, 4) is 0 Å². The quantitative estimate of drug-likeness (QED) is 0.491. The molecule has 5 heteroatoms. The van der Waals surface area contributed by atoms with Gasteiger partial charge in [-0.1, -0.05) is 50.1 Å². The van der Waals surface area contributed by atoms with Gasteiger partial charge in [-0.25, -0.2) is 0 Å². The van der Waals surface area contributed by atoms with Crippen molar-refractivity contribution in [2.45, 2.75) is 63.8 Å². The number of fused-ring (bicyclic) bond motifs is 2. The van der Waals surface area contributed by atoms with Gasteiger partial charge in [-0.05, 0) is 54.9 Å². The second-order valence-electron chi connectivity index (χ2n) is 10.8. The van der Waals surface area contributed by atoms with E-state index in [0.29, 0.717) is 5.92 Å². The number of benzene rings is 1. The fraction of sp³-hybridized carbons (Fsp3) is 0.654. The zero-order valence-electron chi connectivity index (χ0n) is 18.5. The molecule has 166 valence electrons. The summed E-state index contributed by atoms with van der Waals surface area (Å²) in [7, 11) is 0. The van der Waals surface area contributed by atoms with Crippen LogP contribution in [0.25, 0.3) is 5.57 Å². The standard InChI is InChI=1S/C26H32ClNO3/c1-16-4-3-11-25(2)14-21-22(23-26(16,25)31-23)20(24(29)30-21)15-28-12-9-18(10-13-28)17-5-7-19(27)8-6-17/h5-9,16,20-23H,3-4,10-15H2,1-2H3/t16-,20+,21+,22+,23+,25+,26+/m0/s1. The van der Waals surface area contributed by atoms with E-state index in [2.05, 4.69) is 37.0 Å². The van der Waals surface area contributed by atoms with Crippen molar-refractivity contribution in [3.63, 3.8) is 0 Å². The van der Waals surface area contributed by atoms with Crippen LogP contribution in [0.5, 0.6) is 0 Å². The third-order valence-electron chi connectivity index (χ3n) is 9.16. The lowest BCUT2D eigenvalue weighted by Crippen LogP contribution is -2.54. The van der Waals surface area contributed by atoms with E-state index in [9.17, 15) is 4.79 Å². The minimum Gasteiger partial charge on any atom is -0.462 e. The van der Waals surface area contributed by atoms with E-state index in [1.54, 1.807) is 0 Å². The number of halogens is 1. The molecule has 2 saturated heterocycles. The van der Waals surface area contributed by atoms with Crippen LogP contribution >= 0.6 is 11.6 Å². The molecule has 2 aliphatic carbocycles. The van der Waals surface area contributed by atoms with E-state index < -0.39 is 0 Å². The molecule has 0 amide bonds. The Morgan fingerprint density at radius 2 is 2.06 bits per heavy atom. The van der Waals surface area contributed by atoms with Crippen molar-refractivity contribution >= 4 is 23.1 Å². The smallest absolute Gasteiger partial charge is 0.311 e. The SMILES string of the molecule is C[C@H]1CCC[C@]2(C)C[C@H]3OC(=O)[C@H](CN4CC=C(c5ccc(Cl)cc5)CC4)[C@H]3[C@H]3O[C@@]312. The Hall–Kier alpha value is -1.36. The summed E-state index contributed by atoms with van der Waals surface area (Å²) < 4.78 is 12.6. The summed E-state index contributed by atoms with van der Waals surface area (Å²) in [6.45, 7) is 7.38. The zero-order chi connectivity index (χ0) is 21.4. The van der Waals surface area contributed by atoms with Crippen molar-refractivity contribution in [1.82, 2.24) is 4.90 Å². The van der Waals surface area contributed by atoms with Crippen LogP contribution in [0, 0.1) is 23.2 Å². The molecule has 7 atom stereocenters. The first kappa shape index (κ1) is 20.3. The number of carbonyl (C=O) groups excluding carboxylic acids is 1. The van der Waals surface area contributed by atoms with Crippen molar-refractivity contribution in [3.05, 3.63) is 40.9 Å².